The SMILES string of the molecule is O=C(O)c1ccc(CN2CCCn3c(nc4ccccc43)C2)cc1. The van der Waals surface area contributed by atoms with Crippen LogP contribution in [0.4, 0.5) is 0 Å². The maximum Gasteiger partial charge on any atom is 0.335 e. The van der Waals surface area contributed by atoms with Gasteiger partial charge in [-0.2, -0.15) is 0 Å². The zero-order chi connectivity index (χ0) is 16.5. The van der Waals surface area contributed by atoms with E-state index in [0.29, 0.717) is 5.56 Å². The Kier molecular flexibility index (Phi) is 3.78. The van der Waals surface area contributed by atoms with Crippen LogP contribution in [0.1, 0.15) is 28.2 Å². The quantitative estimate of drug-likeness (QED) is 0.805. The summed E-state index contributed by atoms with van der Waals surface area (Å²) in [4.78, 5) is 18.1. The summed E-state index contributed by atoms with van der Waals surface area (Å²) in [6, 6.07) is 15.4. The highest BCUT2D eigenvalue weighted by Crippen LogP contribution is 2.21. The first kappa shape index (κ1) is 14.9. The molecule has 24 heavy (non-hydrogen) atoms. The van der Waals surface area contributed by atoms with Crippen LogP contribution in [0.2, 0.25) is 0 Å². The number of fused-ring (bicyclic) bond motifs is 3. The van der Waals surface area contributed by atoms with Crippen LogP contribution < -0.4 is 0 Å². The van der Waals surface area contributed by atoms with Crippen molar-refractivity contribution in [2.45, 2.75) is 26.1 Å². The molecular formula is C19H19N3O2. The summed E-state index contributed by atoms with van der Waals surface area (Å²) in [7, 11) is 0. The number of hydrogen-bond acceptors (Lipinski definition) is 3. The lowest BCUT2D eigenvalue weighted by Crippen LogP contribution is -2.23. The summed E-state index contributed by atoms with van der Waals surface area (Å²) in [6.07, 6.45) is 1.08. The molecule has 0 atom stereocenters. The van der Waals surface area contributed by atoms with Gasteiger partial charge in [0.1, 0.15) is 5.82 Å². The minimum atomic E-state index is -0.884. The van der Waals surface area contributed by atoms with E-state index in [1.165, 1.54) is 5.52 Å². The van der Waals surface area contributed by atoms with Crippen molar-refractivity contribution in [2.24, 2.45) is 0 Å². The van der Waals surface area contributed by atoms with Crippen LogP contribution in [0.15, 0.2) is 48.5 Å². The molecule has 1 aliphatic heterocycles. The zero-order valence-electron chi connectivity index (χ0n) is 13.4. The average Bonchev–Trinajstić information content (AvgIpc) is 2.80. The molecule has 122 valence electrons. The van der Waals surface area contributed by atoms with Crippen molar-refractivity contribution in [1.29, 1.82) is 0 Å². The van der Waals surface area contributed by atoms with Crippen molar-refractivity contribution in [2.75, 3.05) is 6.54 Å². The molecule has 0 saturated heterocycles. The molecule has 0 fully saturated rings. The summed E-state index contributed by atoms with van der Waals surface area (Å²) in [5.41, 5.74) is 3.72. The van der Waals surface area contributed by atoms with Crippen molar-refractivity contribution in [3.8, 4) is 0 Å². The summed E-state index contributed by atoms with van der Waals surface area (Å²) >= 11 is 0. The molecule has 0 bridgehead atoms. The Balaban J connectivity index is 1.55. The first-order chi connectivity index (χ1) is 11.7. The van der Waals surface area contributed by atoms with Crippen LogP contribution in [0.25, 0.3) is 11.0 Å². The normalized spacial score (nSPS) is 15.2. The van der Waals surface area contributed by atoms with Gasteiger partial charge in [0.05, 0.1) is 23.1 Å². The molecule has 1 aromatic heterocycles. The number of imidazole rings is 1. The molecule has 0 amide bonds. The predicted octanol–water partition coefficient (Wildman–Crippen LogP) is 3.14. The van der Waals surface area contributed by atoms with Crippen molar-refractivity contribution in [3.63, 3.8) is 0 Å². The fraction of sp³-hybridized carbons (Fsp3) is 0.263. The second-order valence-corrected chi connectivity index (χ2v) is 6.23. The summed E-state index contributed by atoms with van der Waals surface area (Å²) in [5.74, 6) is 0.223. The number of benzene rings is 2. The number of aryl methyl sites for hydroxylation is 1. The molecule has 0 spiro atoms. The smallest absolute Gasteiger partial charge is 0.335 e. The molecule has 5 nitrogen and oxygen atoms in total. The Morgan fingerprint density at radius 2 is 1.88 bits per heavy atom. The average molecular weight is 321 g/mol. The van der Waals surface area contributed by atoms with Crippen LogP contribution in [-0.2, 0) is 19.6 Å². The van der Waals surface area contributed by atoms with Crippen LogP contribution in [-0.4, -0.2) is 32.1 Å². The van der Waals surface area contributed by atoms with Crippen molar-refractivity contribution in [1.82, 2.24) is 14.5 Å². The van der Waals surface area contributed by atoms with Crippen LogP contribution in [0.3, 0.4) is 0 Å². The van der Waals surface area contributed by atoms with Gasteiger partial charge >= 0.3 is 5.97 Å². The molecule has 5 heteroatoms. The molecular weight excluding hydrogens is 302 g/mol. The Hall–Kier alpha value is -2.66. The highest BCUT2D eigenvalue weighted by Gasteiger charge is 2.18. The standard InChI is InChI=1S/C19H19N3O2/c23-19(24)15-8-6-14(7-9-15)12-21-10-3-11-22-17-5-2-1-4-16(17)20-18(22)13-21/h1-2,4-9H,3,10-13H2,(H,23,24). The van der Waals surface area contributed by atoms with Gasteiger partial charge in [0.2, 0.25) is 0 Å². The van der Waals surface area contributed by atoms with Crippen molar-refractivity contribution < 1.29 is 9.90 Å². The lowest BCUT2D eigenvalue weighted by molar-refractivity contribution is 0.0697. The Labute approximate surface area is 140 Å². The van der Waals surface area contributed by atoms with Gasteiger partial charge in [-0.05, 0) is 36.2 Å². The molecule has 2 heterocycles. The van der Waals surface area contributed by atoms with E-state index in [0.717, 1.165) is 49.5 Å². The number of aromatic carboxylic acids is 1. The van der Waals surface area contributed by atoms with Crippen molar-refractivity contribution in [3.05, 3.63) is 65.5 Å². The van der Waals surface area contributed by atoms with Gasteiger partial charge in [-0.1, -0.05) is 24.3 Å². The third-order valence-corrected chi connectivity index (χ3v) is 4.56. The highest BCUT2D eigenvalue weighted by molar-refractivity contribution is 5.87. The molecule has 0 aliphatic carbocycles. The third-order valence-electron chi connectivity index (χ3n) is 4.56. The molecule has 0 saturated carbocycles. The lowest BCUT2D eigenvalue weighted by Gasteiger charge is -2.19. The van der Waals surface area contributed by atoms with E-state index in [-0.39, 0.29) is 0 Å². The number of para-hydroxylation sites is 2. The minimum absolute atomic E-state index is 0.330. The molecule has 0 radical (unpaired) electrons. The van der Waals surface area contributed by atoms with Gasteiger partial charge in [0.15, 0.2) is 0 Å². The van der Waals surface area contributed by atoms with Crippen LogP contribution in [0, 0.1) is 0 Å². The van der Waals surface area contributed by atoms with Crippen LogP contribution in [0.5, 0.6) is 0 Å². The van der Waals surface area contributed by atoms with Gasteiger partial charge in [0.25, 0.3) is 0 Å². The molecule has 1 aliphatic rings. The fourth-order valence-corrected chi connectivity index (χ4v) is 3.37. The monoisotopic (exact) mass is 321 g/mol. The number of hydrogen-bond donors (Lipinski definition) is 1. The van der Waals surface area contributed by atoms with Crippen molar-refractivity contribution >= 4 is 17.0 Å². The Morgan fingerprint density at radius 1 is 1.08 bits per heavy atom. The van der Waals surface area contributed by atoms with Gasteiger partial charge in [-0.25, -0.2) is 9.78 Å². The van der Waals surface area contributed by atoms with Gasteiger partial charge in [-0.3, -0.25) is 4.90 Å². The Bertz CT molecular complexity index is 883. The van der Waals surface area contributed by atoms with E-state index in [2.05, 4.69) is 27.7 Å². The summed E-state index contributed by atoms with van der Waals surface area (Å²) < 4.78 is 2.32. The maximum atomic E-state index is 10.9. The van der Waals surface area contributed by atoms with E-state index >= 15 is 0 Å². The molecule has 1 N–H and O–H groups in total. The van der Waals surface area contributed by atoms with Gasteiger partial charge in [-0.15, -0.1) is 0 Å². The summed E-state index contributed by atoms with van der Waals surface area (Å²) in [6.45, 7) is 3.63. The second-order valence-electron chi connectivity index (χ2n) is 6.23. The van der Waals surface area contributed by atoms with Crippen LogP contribution >= 0.6 is 0 Å². The topological polar surface area (TPSA) is 58.4 Å². The molecule has 0 unspecified atom stereocenters. The number of carbonyl (C=O) groups is 1. The first-order valence-electron chi connectivity index (χ1n) is 8.19. The molecule has 3 aromatic rings. The fourth-order valence-electron chi connectivity index (χ4n) is 3.37. The van der Waals surface area contributed by atoms with E-state index in [1.807, 2.05) is 18.2 Å². The zero-order valence-corrected chi connectivity index (χ0v) is 13.4. The lowest BCUT2D eigenvalue weighted by atomic mass is 10.1. The van der Waals surface area contributed by atoms with E-state index in [9.17, 15) is 4.79 Å². The number of carboxylic acids is 1. The summed E-state index contributed by atoms with van der Waals surface area (Å²) in [5, 5.41) is 8.99. The minimum Gasteiger partial charge on any atom is -0.478 e. The van der Waals surface area contributed by atoms with Gasteiger partial charge in [0, 0.05) is 19.6 Å². The molecule has 4 rings (SSSR count). The number of rotatable bonds is 3. The molecule has 2 aromatic carbocycles. The van der Waals surface area contributed by atoms with Gasteiger partial charge < -0.3 is 9.67 Å². The number of carboxylic acid groups (broad SMARTS) is 1. The third kappa shape index (κ3) is 2.78. The van der Waals surface area contributed by atoms with E-state index in [4.69, 9.17) is 10.1 Å². The number of nitrogens with zero attached hydrogens (tertiary/aromatic N) is 3. The second kappa shape index (κ2) is 6.09. The Morgan fingerprint density at radius 3 is 2.67 bits per heavy atom. The maximum absolute atomic E-state index is 10.9. The van der Waals surface area contributed by atoms with E-state index < -0.39 is 5.97 Å². The number of aromatic nitrogens is 2. The largest absolute Gasteiger partial charge is 0.478 e. The first-order valence-corrected chi connectivity index (χ1v) is 8.19. The van der Waals surface area contributed by atoms with E-state index in [1.54, 1.807) is 12.1 Å². The predicted molar refractivity (Wildman–Crippen MR) is 91.9 cm³/mol. The highest BCUT2D eigenvalue weighted by atomic mass is 16.4.